The summed E-state index contributed by atoms with van der Waals surface area (Å²) in [6.07, 6.45) is -4.67. The molecule has 3 aromatic rings. The van der Waals surface area contributed by atoms with Crippen LogP contribution in [-0.4, -0.2) is 20.7 Å². The van der Waals surface area contributed by atoms with Gasteiger partial charge in [0.1, 0.15) is 10.6 Å². The Bertz CT molecular complexity index is 1010. The molecule has 2 N–H and O–H groups in total. The molecule has 0 aliphatic carbocycles. The van der Waals surface area contributed by atoms with E-state index in [-0.39, 0.29) is 23.7 Å². The second-order valence-corrected chi connectivity index (χ2v) is 7.18. The number of halogens is 4. The third kappa shape index (κ3) is 3.39. The van der Waals surface area contributed by atoms with E-state index in [9.17, 15) is 23.1 Å². The van der Waals surface area contributed by atoms with Crippen molar-refractivity contribution in [3.05, 3.63) is 50.3 Å². The minimum atomic E-state index is -4.40. The van der Waals surface area contributed by atoms with Crippen molar-refractivity contribution in [3.63, 3.8) is 0 Å². The molecule has 2 aromatic heterocycles. The number of rotatable bonds is 4. The van der Waals surface area contributed by atoms with Crippen molar-refractivity contribution in [1.29, 1.82) is 0 Å². The van der Waals surface area contributed by atoms with Gasteiger partial charge in [-0.2, -0.15) is 13.2 Å². The zero-order chi connectivity index (χ0) is 19.2. The lowest BCUT2D eigenvalue weighted by Gasteiger charge is -2.08. The maximum absolute atomic E-state index is 12.8. The standard InChI is InChI=1S/C17H13ClF3NO3S/c1-8-10(4-16(24)25)11-3-14(23)12(18)5-13(11)22(8)6-9-2-15(26-7-9)17(19,20)21/h2-3,5,7,23H,4,6H2,1H3,(H,24,25). The largest absolute Gasteiger partial charge is 0.506 e. The maximum Gasteiger partial charge on any atom is 0.425 e. The van der Waals surface area contributed by atoms with E-state index in [0.29, 0.717) is 39.1 Å². The highest BCUT2D eigenvalue weighted by Gasteiger charge is 2.32. The molecule has 2 heterocycles. The van der Waals surface area contributed by atoms with Gasteiger partial charge in [-0.3, -0.25) is 4.79 Å². The molecule has 26 heavy (non-hydrogen) atoms. The molecule has 1 aromatic carbocycles. The van der Waals surface area contributed by atoms with Crippen LogP contribution >= 0.6 is 22.9 Å². The normalized spacial score (nSPS) is 12.0. The number of thiophene rings is 1. The van der Waals surface area contributed by atoms with Crippen LogP contribution < -0.4 is 0 Å². The number of phenolic OH excluding ortho intramolecular Hbond substituents is 1. The van der Waals surface area contributed by atoms with Crippen LogP contribution in [0, 0.1) is 6.92 Å². The molecule has 4 nitrogen and oxygen atoms in total. The number of carboxylic acid groups (broad SMARTS) is 1. The first kappa shape index (κ1) is 18.6. The highest BCUT2D eigenvalue weighted by molar-refractivity contribution is 7.10. The number of aromatic hydroxyl groups is 1. The van der Waals surface area contributed by atoms with Crippen LogP contribution in [-0.2, 0) is 23.9 Å². The van der Waals surface area contributed by atoms with Crippen LogP contribution in [0.25, 0.3) is 10.9 Å². The predicted octanol–water partition coefficient (Wildman–Crippen LogP) is 5.06. The molecule has 0 saturated carbocycles. The summed E-state index contributed by atoms with van der Waals surface area (Å²) < 4.78 is 40.1. The molecule has 138 valence electrons. The van der Waals surface area contributed by atoms with Crippen LogP contribution in [0.5, 0.6) is 5.75 Å². The number of phenols is 1. The minimum Gasteiger partial charge on any atom is -0.506 e. The quantitative estimate of drug-likeness (QED) is 0.639. The number of carboxylic acids is 1. The lowest BCUT2D eigenvalue weighted by Crippen LogP contribution is -2.05. The molecule has 9 heteroatoms. The fourth-order valence-corrected chi connectivity index (χ4v) is 3.85. The Balaban J connectivity index is 2.13. The Labute approximate surface area is 155 Å². The Morgan fingerprint density at radius 2 is 2.00 bits per heavy atom. The van der Waals surface area contributed by atoms with Gasteiger partial charge in [-0.05, 0) is 41.6 Å². The monoisotopic (exact) mass is 403 g/mol. The first-order chi connectivity index (χ1) is 12.1. The van der Waals surface area contributed by atoms with Crippen molar-refractivity contribution in [3.8, 4) is 5.75 Å². The number of fused-ring (bicyclic) bond motifs is 1. The molecule has 0 unspecified atom stereocenters. The van der Waals surface area contributed by atoms with Gasteiger partial charge in [0.15, 0.2) is 0 Å². The fraction of sp³-hybridized carbons (Fsp3) is 0.235. The van der Waals surface area contributed by atoms with Crippen LogP contribution in [0.1, 0.15) is 21.7 Å². The van der Waals surface area contributed by atoms with E-state index in [1.54, 1.807) is 11.5 Å². The molecular weight excluding hydrogens is 391 g/mol. The molecule has 0 amide bonds. The van der Waals surface area contributed by atoms with Crippen molar-refractivity contribution in [2.24, 2.45) is 0 Å². The molecule has 0 fully saturated rings. The highest BCUT2D eigenvalue weighted by Crippen LogP contribution is 2.37. The number of nitrogens with zero attached hydrogens (tertiary/aromatic N) is 1. The fourth-order valence-electron chi connectivity index (χ4n) is 2.92. The summed E-state index contributed by atoms with van der Waals surface area (Å²) in [5, 5.41) is 21.0. The van der Waals surface area contributed by atoms with Crippen LogP contribution in [0.15, 0.2) is 23.6 Å². The number of carbonyl (C=O) groups is 1. The Kier molecular flexibility index (Phi) is 4.66. The van der Waals surface area contributed by atoms with Gasteiger partial charge < -0.3 is 14.8 Å². The summed E-state index contributed by atoms with van der Waals surface area (Å²) >= 11 is 6.58. The summed E-state index contributed by atoms with van der Waals surface area (Å²) in [6, 6.07) is 3.95. The first-order valence-corrected chi connectivity index (χ1v) is 8.70. The Morgan fingerprint density at radius 3 is 2.58 bits per heavy atom. The first-order valence-electron chi connectivity index (χ1n) is 7.44. The average Bonchev–Trinajstić information content (AvgIpc) is 3.08. The molecule has 0 saturated heterocycles. The number of benzene rings is 1. The zero-order valence-electron chi connectivity index (χ0n) is 13.4. The third-order valence-electron chi connectivity index (χ3n) is 4.12. The smallest absolute Gasteiger partial charge is 0.425 e. The van der Waals surface area contributed by atoms with E-state index in [2.05, 4.69) is 0 Å². The second kappa shape index (κ2) is 6.51. The van der Waals surface area contributed by atoms with E-state index in [4.69, 9.17) is 16.7 Å². The predicted molar refractivity (Wildman–Crippen MR) is 93.1 cm³/mol. The zero-order valence-corrected chi connectivity index (χ0v) is 15.0. The molecule has 0 atom stereocenters. The summed E-state index contributed by atoms with van der Waals surface area (Å²) in [5.74, 6) is -1.23. The van der Waals surface area contributed by atoms with Crippen molar-refractivity contribution in [2.45, 2.75) is 26.1 Å². The van der Waals surface area contributed by atoms with Gasteiger partial charge in [0.25, 0.3) is 0 Å². The van der Waals surface area contributed by atoms with Crippen molar-refractivity contribution >= 4 is 39.8 Å². The van der Waals surface area contributed by atoms with E-state index >= 15 is 0 Å². The topological polar surface area (TPSA) is 62.5 Å². The summed E-state index contributed by atoms with van der Waals surface area (Å²) in [4.78, 5) is 10.5. The number of aliphatic carboxylic acids is 1. The molecule has 3 rings (SSSR count). The van der Waals surface area contributed by atoms with Gasteiger partial charge >= 0.3 is 12.1 Å². The maximum atomic E-state index is 12.8. The molecule has 0 bridgehead atoms. The molecule has 0 spiro atoms. The molecule has 0 aliphatic heterocycles. The van der Waals surface area contributed by atoms with Crippen LogP contribution in [0.4, 0.5) is 13.2 Å². The minimum absolute atomic E-state index is 0.0828. The van der Waals surface area contributed by atoms with Gasteiger partial charge in [0.2, 0.25) is 0 Å². The van der Waals surface area contributed by atoms with Crippen molar-refractivity contribution in [2.75, 3.05) is 0 Å². The lowest BCUT2D eigenvalue weighted by atomic mass is 10.1. The number of alkyl halides is 3. The van der Waals surface area contributed by atoms with E-state index in [1.807, 2.05) is 0 Å². The second-order valence-electron chi connectivity index (χ2n) is 5.86. The number of hydrogen-bond acceptors (Lipinski definition) is 3. The average molecular weight is 404 g/mol. The molecule has 0 radical (unpaired) electrons. The van der Waals surface area contributed by atoms with Crippen molar-refractivity contribution < 1.29 is 28.2 Å². The van der Waals surface area contributed by atoms with E-state index < -0.39 is 17.0 Å². The van der Waals surface area contributed by atoms with Gasteiger partial charge in [-0.15, -0.1) is 11.3 Å². The number of hydrogen-bond donors (Lipinski definition) is 2. The summed E-state index contributed by atoms with van der Waals surface area (Å²) in [5.41, 5.74) is 2.10. The Hall–Kier alpha value is -2.19. The Morgan fingerprint density at radius 1 is 1.31 bits per heavy atom. The van der Waals surface area contributed by atoms with Crippen LogP contribution in [0.3, 0.4) is 0 Å². The number of aromatic nitrogens is 1. The van der Waals surface area contributed by atoms with E-state index in [0.717, 1.165) is 6.07 Å². The van der Waals surface area contributed by atoms with Gasteiger partial charge in [-0.1, -0.05) is 11.6 Å². The molecular formula is C17H13ClF3NO3S. The van der Waals surface area contributed by atoms with Crippen LogP contribution in [0.2, 0.25) is 5.02 Å². The van der Waals surface area contributed by atoms with E-state index in [1.165, 1.54) is 17.5 Å². The highest BCUT2D eigenvalue weighted by atomic mass is 35.5. The van der Waals surface area contributed by atoms with Gasteiger partial charge in [-0.25, -0.2) is 0 Å². The van der Waals surface area contributed by atoms with Crippen molar-refractivity contribution in [1.82, 2.24) is 4.57 Å². The van der Waals surface area contributed by atoms with Gasteiger partial charge in [0.05, 0.1) is 17.0 Å². The summed E-state index contributed by atoms with van der Waals surface area (Å²) in [7, 11) is 0. The van der Waals surface area contributed by atoms with Gasteiger partial charge in [0, 0.05) is 17.6 Å². The third-order valence-corrected chi connectivity index (χ3v) is 5.45. The summed E-state index contributed by atoms with van der Waals surface area (Å²) in [6.45, 7) is 1.83. The molecule has 0 aliphatic rings. The SMILES string of the molecule is Cc1c(CC(=O)O)c2cc(O)c(Cl)cc2n1Cc1csc(C(F)(F)F)c1. The lowest BCUT2D eigenvalue weighted by molar-refractivity contribution is -0.136.